The zero-order valence-corrected chi connectivity index (χ0v) is 10.1. The van der Waals surface area contributed by atoms with E-state index in [1.165, 1.54) is 0 Å². The molecule has 0 fully saturated rings. The molecule has 0 atom stereocenters. The van der Waals surface area contributed by atoms with Gasteiger partial charge in [0.25, 0.3) is 0 Å². The lowest BCUT2D eigenvalue weighted by Crippen LogP contribution is -2.40. The lowest BCUT2D eigenvalue weighted by molar-refractivity contribution is 0.697. The molecule has 0 aliphatic carbocycles. The van der Waals surface area contributed by atoms with Crippen molar-refractivity contribution in [3.8, 4) is 0 Å². The Bertz CT molecular complexity index is 320. The first-order valence-corrected chi connectivity index (χ1v) is 5.37. The van der Waals surface area contributed by atoms with Crippen molar-refractivity contribution < 1.29 is 0 Å². The first-order chi connectivity index (χ1) is 7.09. The average Bonchev–Trinajstić information content (AvgIpc) is 2.50. The largest absolute Gasteiger partial charge is 0.362 e. The summed E-state index contributed by atoms with van der Waals surface area (Å²) in [6, 6.07) is 0.361. The van der Waals surface area contributed by atoms with Crippen LogP contribution in [0.2, 0.25) is 0 Å². The van der Waals surface area contributed by atoms with E-state index in [4.69, 9.17) is 12.2 Å². The Kier molecular flexibility index (Phi) is 4.48. The molecule has 0 saturated heterocycles. The van der Waals surface area contributed by atoms with E-state index in [1.807, 2.05) is 11.6 Å². The van der Waals surface area contributed by atoms with Crippen molar-refractivity contribution in [1.82, 2.24) is 25.4 Å². The van der Waals surface area contributed by atoms with Gasteiger partial charge in [-0.3, -0.25) is 0 Å². The van der Waals surface area contributed by atoms with Crippen LogP contribution in [-0.2, 0) is 13.5 Å². The van der Waals surface area contributed by atoms with Crippen molar-refractivity contribution in [3.05, 3.63) is 12.2 Å². The summed E-state index contributed by atoms with van der Waals surface area (Å²) in [5.74, 6) is 0.954. The van der Waals surface area contributed by atoms with Gasteiger partial charge in [0.05, 0.1) is 0 Å². The summed E-state index contributed by atoms with van der Waals surface area (Å²) < 4.78 is 1.90. The highest BCUT2D eigenvalue weighted by Crippen LogP contribution is 1.91. The van der Waals surface area contributed by atoms with Crippen LogP contribution >= 0.6 is 12.2 Å². The van der Waals surface area contributed by atoms with Crippen LogP contribution in [0.3, 0.4) is 0 Å². The minimum atomic E-state index is 0.361. The molecule has 2 N–H and O–H groups in total. The lowest BCUT2D eigenvalue weighted by Gasteiger charge is -2.12. The molecule has 0 amide bonds. The molecule has 84 valence electrons. The van der Waals surface area contributed by atoms with Gasteiger partial charge in [-0.2, -0.15) is 0 Å². The smallest absolute Gasteiger partial charge is 0.166 e. The van der Waals surface area contributed by atoms with Gasteiger partial charge in [-0.15, -0.1) is 10.2 Å². The van der Waals surface area contributed by atoms with E-state index < -0.39 is 0 Å². The molecule has 0 aliphatic rings. The minimum absolute atomic E-state index is 0.361. The van der Waals surface area contributed by atoms with Crippen LogP contribution in [0.1, 0.15) is 19.7 Å². The van der Waals surface area contributed by atoms with E-state index in [0.29, 0.717) is 11.2 Å². The number of nitrogens with one attached hydrogen (secondary N) is 2. The van der Waals surface area contributed by atoms with Crippen LogP contribution in [0.15, 0.2) is 6.33 Å². The summed E-state index contributed by atoms with van der Waals surface area (Å²) in [6.07, 6.45) is 2.51. The van der Waals surface area contributed by atoms with E-state index in [1.54, 1.807) is 6.33 Å². The highest BCUT2D eigenvalue weighted by molar-refractivity contribution is 7.80. The predicted molar refractivity (Wildman–Crippen MR) is 63.6 cm³/mol. The second-order valence-corrected chi connectivity index (χ2v) is 4.07. The van der Waals surface area contributed by atoms with E-state index in [-0.39, 0.29) is 0 Å². The Morgan fingerprint density at radius 1 is 1.60 bits per heavy atom. The number of thiocarbonyl (C=S) groups is 1. The Balaban J connectivity index is 2.22. The summed E-state index contributed by atoms with van der Waals surface area (Å²) in [5.41, 5.74) is 0. The lowest BCUT2D eigenvalue weighted by atomic mass is 10.4. The van der Waals surface area contributed by atoms with Crippen molar-refractivity contribution in [2.45, 2.75) is 26.3 Å². The van der Waals surface area contributed by atoms with Gasteiger partial charge in [0.15, 0.2) is 5.11 Å². The number of hydrogen-bond donors (Lipinski definition) is 2. The average molecular weight is 227 g/mol. The number of nitrogens with zero attached hydrogens (tertiary/aromatic N) is 3. The fourth-order valence-corrected chi connectivity index (χ4v) is 1.47. The van der Waals surface area contributed by atoms with Crippen molar-refractivity contribution in [1.29, 1.82) is 0 Å². The first kappa shape index (κ1) is 11.9. The minimum Gasteiger partial charge on any atom is -0.362 e. The summed E-state index contributed by atoms with van der Waals surface area (Å²) >= 11 is 5.09. The van der Waals surface area contributed by atoms with Crippen LogP contribution in [-0.4, -0.2) is 32.5 Å². The molecule has 15 heavy (non-hydrogen) atoms. The molecule has 1 aromatic heterocycles. The third-order valence-electron chi connectivity index (χ3n) is 1.86. The fourth-order valence-electron chi connectivity index (χ4n) is 1.13. The van der Waals surface area contributed by atoms with Crippen LogP contribution < -0.4 is 10.6 Å². The molecule has 1 aromatic rings. The van der Waals surface area contributed by atoms with Gasteiger partial charge in [-0.25, -0.2) is 0 Å². The van der Waals surface area contributed by atoms with Crippen molar-refractivity contribution in [3.63, 3.8) is 0 Å². The van der Waals surface area contributed by atoms with Crippen molar-refractivity contribution in [2.24, 2.45) is 7.05 Å². The zero-order valence-electron chi connectivity index (χ0n) is 9.32. The van der Waals surface area contributed by atoms with Crippen LogP contribution in [0.4, 0.5) is 0 Å². The van der Waals surface area contributed by atoms with Crippen LogP contribution in [0.25, 0.3) is 0 Å². The van der Waals surface area contributed by atoms with Gasteiger partial charge in [0.2, 0.25) is 0 Å². The molecule has 1 rings (SSSR count). The van der Waals surface area contributed by atoms with Gasteiger partial charge >= 0.3 is 0 Å². The van der Waals surface area contributed by atoms with Crippen molar-refractivity contribution >= 4 is 17.3 Å². The molecule has 0 radical (unpaired) electrons. The predicted octanol–water partition coefficient (Wildman–Crippen LogP) is 0.230. The Morgan fingerprint density at radius 3 is 2.87 bits per heavy atom. The molecule has 6 heteroatoms. The molecule has 0 unspecified atom stereocenters. The normalized spacial score (nSPS) is 10.4. The van der Waals surface area contributed by atoms with E-state index in [9.17, 15) is 0 Å². The molecule has 0 saturated carbocycles. The zero-order chi connectivity index (χ0) is 11.3. The van der Waals surface area contributed by atoms with Crippen molar-refractivity contribution in [2.75, 3.05) is 6.54 Å². The first-order valence-electron chi connectivity index (χ1n) is 4.97. The second-order valence-electron chi connectivity index (χ2n) is 3.66. The van der Waals surface area contributed by atoms with Gasteiger partial charge in [0.1, 0.15) is 12.2 Å². The summed E-state index contributed by atoms with van der Waals surface area (Å²) in [4.78, 5) is 0. The molecule has 0 aliphatic heterocycles. The van der Waals surface area contributed by atoms with Gasteiger partial charge in [-0.05, 0) is 26.1 Å². The Labute approximate surface area is 95.3 Å². The second kappa shape index (κ2) is 5.65. The maximum absolute atomic E-state index is 5.09. The third kappa shape index (κ3) is 4.24. The topological polar surface area (TPSA) is 54.8 Å². The van der Waals surface area contributed by atoms with Gasteiger partial charge in [0, 0.05) is 26.1 Å². The number of rotatable bonds is 4. The molecule has 0 aromatic carbocycles. The summed E-state index contributed by atoms with van der Waals surface area (Å²) in [7, 11) is 1.93. The van der Waals surface area contributed by atoms with Crippen LogP contribution in [0.5, 0.6) is 0 Å². The van der Waals surface area contributed by atoms with E-state index in [0.717, 1.165) is 18.8 Å². The number of aryl methyl sites for hydroxylation is 1. The standard InChI is InChI=1S/C9H17N5S/c1-7(2)12-9(15)10-5-4-8-13-11-6-14(8)3/h6-7H,4-5H2,1-3H3,(H2,10,12,15). The fraction of sp³-hybridized carbons (Fsp3) is 0.667. The highest BCUT2D eigenvalue weighted by Gasteiger charge is 2.01. The highest BCUT2D eigenvalue weighted by atomic mass is 32.1. The van der Waals surface area contributed by atoms with Gasteiger partial charge < -0.3 is 15.2 Å². The monoisotopic (exact) mass is 227 g/mol. The Hall–Kier alpha value is -1.17. The maximum atomic E-state index is 5.09. The molecular weight excluding hydrogens is 210 g/mol. The third-order valence-corrected chi connectivity index (χ3v) is 2.12. The summed E-state index contributed by atoms with van der Waals surface area (Å²) in [5, 5.41) is 14.7. The SMILES string of the molecule is CC(C)NC(=S)NCCc1nncn1C. The Morgan fingerprint density at radius 2 is 2.33 bits per heavy atom. The number of aromatic nitrogens is 3. The quantitative estimate of drug-likeness (QED) is 0.721. The molecule has 1 heterocycles. The van der Waals surface area contributed by atoms with Crippen LogP contribution in [0, 0.1) is 0 Å². The molecular formula is C9H17N5S. The molecule has 0 bridgehead atoms. The van der Waals surface area contributed by atoms with E-state index in [2.05, 4.69) is 34.7 Å². The maximum Gasteiger partial charge on any atom is 0.166 e. The summed E-state index contributed by atoms with van der Waals surface area (Å²) in [6.45, 7) is 4.87. The molecule has 0 spiro atoms. The van der Waals surface area contributed by atoms with Gasteiger partial charge in [-0.1, -0.05) is 0 Å². The molecule has 5 nitrogen and oxygen atoms in total. The van der Waals surface area contributed by atoms with E-state index >= 15 is 0 Å². The number of hydrogen-bond acceptors (Lipinski definition) is 3.